The van der Waals surface area contributed by atoms with Gasteiger partial charge < -0.3 is 9.47 Å². The number of rotatable bonds is 8. The van der Waals surface area contributed by atoms with Gasteiger partial charge in [0.05, 0.1) is 6.61 Å². The van der Waals surface area contributed by atoms with Crippen molar-refractivity contribution in [2.75, 3.05) is 6.61 Å². The van der Waals surface area contributed by atoms with Crippen molar-refractivity contribution in [2.24, 2.45) is 0 Å². The Bertz CT molecular complexity index is 532. The molecule has 24 heavy (non-hydrogen) atoms. The molecule has 0 atom stereocenters. The van der Waals surface area contributed by atoms with E-state index in [2.05, 4.69) is 20.1 Å². The van der Waals surface area contributed by atoms with Crippen LogP contribution in [0.4, 0.5) is 0 Å². The normalized spacial score (nSPS) is 9.29. The summed E-state index contributed by atoms with van der Waals surface area (Å²) in [4.78, 5) is 21.8. The first kappa shape index (κ1) is 21.6. The minimum absolute atomic E-state index is 0.272. The van der Waals surface area contributed by atoms with Gasteiger partial charge in [0.25, 0.3) is 0 Å². The SMILES string of the molecule is C=C(C)C(=O)OCCCCCC.C=C(C)C(=O)Oc1ccccc1. The topological polar surface area (TPSA) is 52.6 Å². The number of esters is 2. The maximum atomic E-state index is 11.0. The maximum absolute atomic E-state index is 11.0. The van der Waals surface area contributed by atoms with Gasteiger partial charge in [-0.15, -0.1) is 0 Å². The van der Waals surface area contributed by atoms with Gasteiger partial charge in [0.1, 0.15) is 5.75 Å². The molecular formula is C20H28O4. The number of carbonyl (C=O) groups excluding carboxylic acids is 2. The molecule has 0 unspecified atom stereocenters. The Morgan fingerprint density at radius 2 is 1.50 bits per heavy atom. The summed E-state index contributed by atoms with van der Waals surface area (Å²) in [6, 6.07) is 8.92. The predicted octanol–water partition coefficient (Wildman–Crippen LogP) is 4.85. The molecule has 0 fully saturated rings. The zero-order chi connectivity index (χ0) is 18.4. The fraction of sp³-hybridized carbons (Fsp3) is 0.400. The average Bonchev–Trinajstić information content (AvgIpc) is 2.55. The van der Waals surface area contributed by atoms with Crippen LogP contribution in [0, 0.1) is 0 Å². The lowest BCUT2D eigenvalue weighted by Crippen LogP contribution is -2.07. The lowest BCUT2D eigenvalue weighted by molar-refractivity contribution is -0.139. The summed E-state index contributed by atoms with van der Waals surface area (Å²) in [5.41, 5.74) is 0.879. The lowest BCUT2D eigenvalue weighted by Gasteiger charge is -2.02. The first-order valence-electron chi connectivity index (χ1n) is 8.13. The molecule has 0 aliphatic carbocycles. The summed E-state index contributed by atoms with van der Waals surface area (Å²) in [7, 11) is 0. The standard InChI is InChI=1S/C10H10O2.C10H18O2/c1-8(2)10(11)12-9-6-4-3-5-7-9;1-4-5-6-7-8-12-10(11)9(2)3/h3-7H,1H2,2H3;2,4-8H2,1,3H3. The van der Waals surface area contributed by atoms with Gasteiger partial charge in [-0.05, 0) is 32.4 Å². The minimum atomic E-state index is -0.388. The van der Waals surface area contributed by atoms with Gasteiger partial charge in [-0.1, -0.05) is 57.5 Å². The van der Waals surface area contributed by atoms with E-state index in [-0.39, 0.29) is 11.9 Å². The van der Waals surface area contributed by atoms with E-state index in [1.165, 1.54) is 12.8 Å². The first-order chi connectivity index (χ1) is 11.4. The predicted molar refractivity (Wildman–Crippen MR) is 96.8 cm³/mol. The van der Waals surface area contributed by atoms with Crippen LogP contribution in [-0.4, -0.2) is 18.5 Å². The molecule has 4 heteroatoms. The van der Waals surface area contributed by atoms with Gasteiger partial charge in [-0.3, -0.25) is 0 Å². The highest BCUT2D eigenvalue weighted by Gasteiger charge is 2.03. The highest BCUT2D eigenvalue weighted by atomic mass is 16.5. The Kier molecular flexibility index (Phi) is 11.8. The number of carbonyl (C=O) groups is 2. The Hall–Kier alpha value is -2.36. The molecule has 0 aromatic heterocycles. The summed E-state index contributed by atoms with van der Waals surface area (Å²) in [5, 5.41) is 0. The van der Waals surface area contributed by atoms with E-state index in [9.17, 15) is 9.59 Å². The van der Waals surface area contributed by atoms with Crippen molar-refractivity contribution in [2.45, 2.75) is 46.5 Å². The fourth-order valence-electron chi connectivity index (χ4n) is 1.50. The summed E-state index contributed by atoms with van der Waals surface area (Å²) >= 11 is 0. The zero-order valence-corrected chi connectivity index (χ0v) is 15.0. The van der Waals surface area contributed by atoms with Crippen LogP contribution in [0.15, 0.2) is 54.6 Å². The van der Waals surface area contributed by atoms with E-state index in [4.69, 9.17) is 9.47 Å². The molecule has 0 N–H and O–H groups in total. The van der Waals surface area contributed by atoms with Crippen molar-refractivity contribution in [3.8, 4) is 5.75 Å². The van der Waals surface area contributed by atoms with E-state index in [0.717, 1.165) is 12.8 Å². The number of hydrogen-bond acceptors (Lipinski definition) is 4. The van der Waals surface area contributed by atoms with Crippen LogP contribution >= 0.6 is 0 Å². The second-order valence-electron chi connectivity index (χ2n) is 5.46. The zero-order valence-electron chi connectivity index (χ0n) is 15.0. The molecule has 0 saturated carbocycles. The van der Waals surface area contributed by atoms with E-state index in [0.29, 0.717) is 23.5 Å². The molecule has 1 aromatic carbocycles. The van der Waals surface area contributed by atoms with Crippen molar-refractivity contribution in [1.82, 2.24) is 0 Å². The van der Waals surface area contributed by atoms with Crippen molar-refractivity contribution in [3.05, 3.63) is 54.6 Å². The molecular weight excluding hydrogens is 304 g/mol. The number of benzene rings is 1. The van der Waals surface area contributed by atoms with Crippen LogP contribution in [0.1, 0.15) is 46.5 Å². The Morgan fingerprint density at radius 1 is 0.917 bits per heavy atom. The second kappa shape index (κ2) is 13.1. The van der Waals surface area contributed by atoms with Crippen molar-refractivity contribution in [3.63, 3.8) is 0 Å². The smallest absolute Gasteiger partial charge is 0.338 e. The van der Waals surface area contributed by atoms with Gasteiger partial charge in [0.15, 0.2) is 0 Å². The molecule has 0 radical (unpaired) electrons. The molecule has 0 amide bonds. The van der Waals surface area contributed by atoms with Crippen LogP contribution in [0.2, 0.25) is 0 Å². The molecule has 1 aromatic rings. The molecule has 0 bridgehead atoms. The highest BCUT2D eigenvalue weighted by molar-refractivity contribution is 5.88. The van der Waals surface area contributed by atoms with Gasteiger partial charge in [0, 0.05) is 11.1 Å². The molecule has 0 heterocycles. The molecule has 1 rings (SSSR count). The van der Waals surface area contributed by atoms with Crippen molar-refractivity contribution < 1.29 is 19.1 Å². The number of unbranched alkanes of at least 4 members (excludes halogenated alkanes) is 3. The second-order valence-corrected chi connectivity index (χ2v) is 5.46. The van der Waals surface area contributed by atoms with Crippen LogP contribution in [0.25, 0.3) is 0 Å². The van der Waals surface area contributed by atoms with Gasteiger partial charge in [-0.25, -0.2) is 9.59 Å². The largest absolute Gasteiger partial charge is 0.462 e. The minimum Gasteiger partial charge on any atom is -0.462 e. The monoisotopic (exact) mass is 332 g/mol. The Balaban J connectivity index is 0.000000441. The average molecular weight is 332 g/mol. The lowest BCUT2D eigenvalue weighted by atomic mass is 10.2. The summed E-state index contributed by atoms with van der Waals surface area (Å²) in [5.74, 6) is -0.113. The number of ether oxygens (including phenoxy) is 2. The van der Waals surface area contributed by atoms with Crippen LogP contribution in [0.3, 0.4) is 0 Å². The van der Waals surface area contributed by atoms with Crippen LogP contribution in [-0.2, 0) is 14.3 Å². The van der Waals surface area contributed by atoms with Crippen LogP contribution < -0.4 is 4.74 Å². The van der Waals surface area contributed by atoms with Gasteiger partial charge >= 0.3 is 11.9 Å². The fourth-order valence-corrected chi connectivity index (χ4v) is 1.50. The van der Waals surface area contributed by atoms with Crippen molar-refractivity contribution in [1.29, 1.82) is 0 Å². The third kappa shape index (κ3) is 11.2. The molecule has 0 spiro atoms. The first-order valence-corrected chi connectivity index (χ1v) is 8.13. The van der Waals surface area contributed by atoms with Gasteiger partial charge in [-0.2, -0.15) is 0 Å². The molecule has 132 valence electrons. The number of para-hydroxylation sites is 1. The third-order valence-electron chi connectivity index (χ3n) is 2.88. The van der Waals surface area contributed by atoms with E-state index < -0.39 is 0 Å². The summed E-state index contributed by atoms with van der Waals surface area (Å²) in [6.45, 7) is 12.9. The maximum Gasteiger partial charge on any atom is 0.338 e. The van der Waals surface area contributed by atoms with E-state index >= 15 is 0 Å². The Morgan fingerprint density at radius 3 is 2.00 bits per heavy atom. The van der Waals surface area contributed by atoms with E-state index in [1.807, 2.05) is 6.07 Å². The molecule has 4 nitrogen and oxygen atoms in total. The summed E-state index contributed by atoms with van der Waals surface area (Å²) < 4.78 is 9.85. The number of hydrogen-bond donors (Lipinski definition) is 0. The summed E-state index contributed by atoms with van der Waals surface area (Å²) in [6.07, 6.45) is 4.52. The quantitative estimate of drug-likeness (QED) is 0.295. The van der Waals surface area contributed by atoms with E-state index in [1.54, 1.807) is 38.1 Å². The Labute approximate surface area is 145 Å². The van der Waals surface area contributed by atoms with Gasteiger partial charge in [0.2, 0.25) is 0 Å². The van der Waals surface area contributed by atoms with Crippen molar-refractivity contribution >= 4 is 11.9 Å². The van der Waals surface area contributed by atoms with Crippen LogP contribution in [0.5, 0.6) is 5.75 Å². The highest BCUT2D eigenvalue weighted by Crippen LogP contribution is 2.09. The molecule has 0 saturated heterocycles. The molecule has 0 aliphatic rings. The molecule has 0 aliphatic heterocycles. The third-order valence-corrected chi connectivity index (χ3v) is 2.88.